The summed E-state index contributed by atoms with van der Waals surface area (Å²) in [5.41, 5.74) is 0.869. The van der Waals surface area contributed by atoms with E-state index in [1.165, 1.54) is 0 Å². The van der Waals surface area contributed by atoms with Crippen molar-refractivity contribution in [2.75, 3.05) is 38.2 Å². The number of morpholine rings is 1. The highest BCUT2D eigenvalue weighted by Gasteiger charge is 2.15. The van der Waals surface area contributed by atoms with Crippen molar-refractivity contribution in [3.63, 3.8) is 0 Å². The largest absolute Gasteiger partial charge is 0.383 e. The molecule has 0 atom stereocenters. The summed E-state index contributed by atoms with van der Waals surface area (Å²) in [4.78, 5) is 13.7. The molecule has 1 amide bonds. The molecule has 4 nitrogen and oxygen atoms in total. The van der Waals surface area contributed by atoms with Gasteiger partial charge in [-0.2, -0.15) is 0 Å². The lowest BCUT2D eigenvalue weighted by Gasteiger charge is -2.26. The van der Waals surface area contributed by atoms with E-state index in [4.69, 9.17) is 16.3 Å². The SMILES string of the molecule is O=C(CCNc1ccccc1Cl)N1CCOCC1. The third kappa shape index (κ3) is 3.62. The molecule has 1 heterocycles. The van der Waals surface area contributed by atoms with Gasteiger partial charge in [0.05, 0.1) is 23.9 Å². The first-order chi connectivity index (χ1) is 8.77. The van der Waals surface area contributed by atoms with Gasteiger partial charge in [-0.1, -0.05) is 23.7 Å². The molecular weight excluding hydrogens is 252 g/mol. The van der Waals surface area contributed by atoms with E-state index >= 15 is 0 Å². The Bertz CT molecular complexity index is 406. The Morgan fingerprint density at radius 3 is 2.78 bits per heavy atom. The molecule has 1 aliphatic rings. The highest BCUT2D eigenvalue weighted by atomic mass is 35.5. The minimum absolute atomic E-state index is 0.165. The van der Waals surface area contributed by atoms with Crippen molar-refractivity contribution in [3.05, 3.63) is 29.3 Å². The average molecular weight is 269 g/mol. The normalized spacial score (nSPS) is 15.5. The molecule has 18 heavy (non-hydrogen) atoms. The maximum absolute atomic E-state index is 11.9. The summed E-state index contributed by atoms with van der Waals surface area (Å²) < 4.78 is 5.21. The fraction of sp³-hybridized carbons (Fsp3) is 0.462. The molecule has 1 N–H and O–H groups in total. The van der Waals surface area contributed by atoms with E-state index in [1.54, 1.807) is 0 Å². The zero-order valence-electron chi connectivity index (χ0n) is 10.2. The van der Waals surface area contributed by atoms with E-state index < -0.39 is 0 Å². The van der Waals surface area contributed by atoms with Crippen LogP contribution in [0.5, 0.6) is 0 Å². The van der Waals surface area contributed by atoms with E-state index in [0.29, 0.717) is 44.3 Å². The van der Waals surface area contributed by atoms with Gasteiger partial charge in [0.2, 0.25) is 5.91 Å². The zero-order chi connectivity index (χ0) is 12.8. The van der Waals surface area contributed by atoms with Crippen molar-refractivity contribution >= 4 is 23.2 Å². The third-order valence-electron chi connectivity index (χ3n) is 2.89. The molecule has 2 rings (SSSR count). The van der Waals surface area contributed by atoms with Crippen LogP contribution in [0.4, 0.5) is 5.69 Å². The number of anilines is 1. The van der Waals surface area contributed by atoms with Crippen LogP contribution >= 0.6 is 11.6 Å². The number of rotatable bonds is 4. The molecule has 0 aromatic heterocycles. The molecule has 1 aromatic carbocycles. The van der Waals surface area contributed by atoms with Crippen LogP contribution in [-0.4, -0.2) is 43.7 Å². The lowest BCUT2D eigenvalue weighted by Crippen LogP contribution is -2.41. The first kappa shape index (κ1) is 13.2. The lowest BCUT2D eigenvalue weighted by atomic mass is 10.3. The molecule has 1 aliphatic heterocycles. The predicted octanol–water partition coefficient (Wildman–Crippen LogP) is 2.00. The monoisotopic (exact) mass is 268 g/mol. The Hall–Kier alpha value is -1.26. The van der Waals surface area contributed by atoms with E-state index in [0.717, 1.165) is 5.69 Å². The molecule has 5 heteroatoms. The molecule has 0 bridgehead atoms. The quantitative estimate of drug-likeness (QED) is 0.908. The van der Waals surface area contributed by atoms with Crippen molar-refractivity contribution in [1.82, 2.24) is 4.90 Å². The van der Waals surface area contributed by atoms with E-state index in [2.05, 4.69) is 5.32 Å². The fourth-order valence-electron chi connectivity index (χ4n) is 1.88. The summed E-state index contributed by atoms with van der Waals surface area (Å²) in [6, 6.07) is 7.53. The average Bonchev–Trinajstić information content (AvgIpc) is 2.42. The lowest BCUT2D eigenvalue weighted by molar-refractivity contribution is -0.134. The fourth-order valence-corrected chi connectivity index (χ4v) is 2.08. The summed E-state index contributed by atoms with van der Waals surface area (Å²) >= 11 is 6.01. The summed E-state index contributed by atoms with van der Waals surface area (Å²) in [5, 5.41) is 3.85. The second kappa shape index (κ2) is 6.61. The minimum atomic E-state index is 0.165. The van der Waals surface area contributed by atoms with Crippen molar-refractivity contribution in [2.45, 2.75) is 6.42 Å². The first-order valence-corrected chi connectivity index (χ1v) is 6.49. The molecule has 0 saturated carbocycles. The van der Waals surface area contributed by atoms with Crippen LogP contribution in [0.3, 0.4) is 0 Å². The number of amides is 1. The van der Waals surface area contributed by atoms with Crippen LogP contribution in [0.25, 0.3) is 0 Å². The van der Waals surface area contributed by atoms with Gasteiger partial charge in [-0.05, 0) is 12.1 Å². The summed E-state index contributed by atoms with van der Waals surface area (Å²) in [5.74, 6) is 0.165. The first-order valence-electron chi connectivity index (χ1n) is 6.11. The molecule has 1 saturated heterocycles. The zero-order valence-corrected chi connectivity index (χ0v) is 10.9. The van der Waals surface area contributed by atoms with Gasteiger partial charge in [-0.3, -0.25) is 4.79 Å². The number of carbonyl (C=O) groups excluding carboxylic acids is 1. The summed E-state index contributed by atoms with van der Waals surface area (Å²) in [7, 11) is 0. The van der Waals surface area contributed by atoms with Crippen molar-refractivity contribution in [2.24, 2.45) is 0 Å². The Balaban J connectivity index is 1.75. The number of hydrogen-bond donors (Lipinski definition) is 1. The Labute approximate surface area is 112 Å². The number of halogens is 1. The van der Waals surface area contributed by atoms with Crippen molar-refractivity contribution in [1.29, 1.82) is 0 Å². The van der Waals surface area contributed by atoms with Gasteiger partial charge in [-0.25, -0.2) is 0 Å². The maximum atomic E-state index is 11.9. The number of benzene rings is 1. The summed E-state index contributed by atoms with van der Waals surface area (Å²) in [6.45, 7) is 3.28. The standard InChI is InChI=1S/C13H17ClN2O2/c14-11-3-1-2-4-12(11)15-6-5-13(17)16-7-9-18-10-8-16/h1-4,15H,5-10H2. The molecule has 1 aromatic rings. The third-order valence-corrected chi connectivity index (χ3v) is 3.22. The Morgan fingerprint density at radius 1 is 1.33 bits per heavy atom. The second-order valence-electron chi connectivity index (χ2n) is 4.15. The number of nitrogens with one attached hydrogen (secondary N) is 1. The van der Waals surface area contributed by atoms with Crippen LogP contribution in [0.15, 0.2) is 24.3 Å². The van der Waals surface area contributed by atoms with E-state index in [9.17, 15) is 4.79 Å². The van der Waals surface area contributed by atoms with Crippen LogP contribution in [0.2, 0.25) is 5.02 Å². The number of carbonyl (C=O) groups is 1. The minimum Gasteiger partial charge on any atom is -0.383 e. The Kier molecular flexibility index (Phi) is 4.84. The van der Waals surface area contributed by atoms with Crippen molar-refractivity contribution in [3.8, 4) is 0 Å². The number of ether oxygens (including phenoxy) is 1. The molecular formula is C13H17ClN2O2. The molecule has 0 radical (unpaired) electrons. The van der Waals surface area contributed by atoms with Crippen LogP contribution in [0.1, 0.15) is 6.42 Å². The summed E-state index contributed by atoms with van der Waals surface area (Å²) in [6.07, 6.45) is 0.477. The second-order valence-corrected chi connectivity index (χ2v) is 4.56. The molecule has 98 valence electrons. The molecule has 0 unspecified atom stereocenters. The van der Waals surface area contributed by atoms with Gasteiger partial charge < -0.3 is 15.0 Å². The van der Waals surface area contributed by atoms with Gasteiger partial charge in [0, 0.05) is 26.1 Å². The van der Waals surface area contributed by atoms with Crippen LogP contribution in [0, 0.1) is 0 Å². The van der Waals surface area contributed by atoms with E-state index in [1.807, 2.05) is 29.2 Å². The van der Waals surface area contributed by atoms with Gasteiger partial charge in [0.15, 0.2) is 0 Å². The van der Waals surface area contributed by atoms with Crippen molar-refractivity contribution < 1.29 is 9.53 Å². The molecule has 0 spiro atoms. The van der Waals surface area contributed by atoms with Gasteiger partial charge in [0.1, 0.15) is 0 Å². The van der Waals surface area contributed by atoms with Crippen LogP contribution in [-0.2, 0) is 9.53 Å². The number of nitrogens with zero attached hydrogens (tertiary/aromatic N) is 1. The molecule has 0 aliphatic carbocycles. The van der Waals surface area contributed by atoms with Gasteiger partial charge in [0.25, 0.3) is 0 Å². The topological polar surface area (TPSA) is 41.6 Å². The van der Waals surface area contributed by atoms with Crippen LogP contribution < -0.4 is 5.32 Å². The highest BCUT2D eigenvalue weighted by molar-refractivity contribution is 6.33. The highest BCUT2D eigenvalue weighted by Crippen LogP contribution is 2.20. The number of hydrogen-bond acceptors (Lipinski definition) is 3. The van der Waals surface area contributed by atoms with E-state index in [-0.39, 0.29) is 5.91 Å². The molecule has 1 fully saturated rings. The smallest absolute Gasteiger partial charge is 0.224 e. The van der Waals surface area contributed by atoms with Gasteiger partial charge >= 0.3 is 0 Å². The van der Waals surface area contributed by atoms with Gasteiger partial charge in [-0.15, -0.1) is 0 Å². The maximum Gasteiger partial charge on any atom is 0.224 e. The predicted molar refractivity (Wildman–Crippen MR) is 72.0 cm³/mol. The Morgan fingerprint density at radius 2 is 2.06 bits per heavy atom. The number of para-hydroxylation sites is 1.